The highest BCUT2D eigenvalue weighted by atomic mass is 79.9. The Morgan fingerprint density at radius 2 is 2.05 bits per heavy atom. The molecule has 0 bridgehead atoms. The Hall–Kier alpha value is -0.900. The van der Waals surface area contributed by atoms with Crippen LogP contribution in [-0.4, -0.2) is 23.4 Å². The van der Waals surface area contributed by atoms with Crippen LogP contribution in [-0.2, 0) is 0 Å². The van der Waals surface area contributed by atoms with Gasteiger partial charge < -0.3 is 4.90 Å². The SMILES string of the molecule is CCN(C(=O)c1ccc(F)c(Br)c1)C1CCCCC1. The lowest BCUT2D eigenvalue weighted by Gasteiger charge is -2.33. The van der Waals surface area contributed by atoms with E-state index < -0.39 is 0 Å². The lowest BCUT2D eigenvalue weighted by Crippen LogP contribution is -2.41. The Morgan fingerprint density at radius 1 is 1.37 bits per heavy atom. The number of rotatable bonds is 3. The molecule has 1 amide bonds. The van der Waals surface area contributed by atoms with Crippen molar-refractivity contribution in [3.05, 3.63) is 34.1 Å². The minimum absolute atomic E-state index is 0.00935. The monoisotopic (exact) mass is 327 g/mol. The lowest BCUT2D eigenvalue weighted by atomic mass is 9.93. The molecule has 1 aliphatic rings. The number of carbonyl (C=O) groups excluding carboxylic acids is 1. The molecular weight excluding hydrogens is 309 g/mol. The van der Waals surface area contributed by atoms with Gasteiger partial charge in [-0.1, -0.05) is 19.3 Å². The second-order valence-corrected chi connectivity index (χ2v) is 5.87. The third-order valence-electron chi connectivity index (χ3n) is 3.78. The molecule has 19 heavy (non-hydrogen) atoms. The summed E-state index contributed by atoms with van der Waals surface area (Å²) in [5.74, 6) is -0.327. The van der Waals surface area contributed by atoms with E-state index >= 15 is 0 Å². The normalized spacial score (nSPS) is 16.4. The topological polar surface area (TPSA) is 20.3 Å². The third-order valence-corrected chi connectivity index (χ3v) is 4.39. The molecule has 0 radical (unpaired) electrons. The summed E-state index contributed by atoms with van der Waals surface area (Å²) >= 11 is 3.14. The molecule has 2 rings (SSSR count). The predicted molar refractivity (Wildman–Crippen MR) is 77.7 cm³/mol. The van der Waals surface area contributed by atoms with E-state index in [9.17, 15) is 9.18 Å². The Bertz CT molecular complexity index is 457. The average molecular weight is 328 g/mol. The number of amides is 1. The number of benzene rings is 1. The summed E-state index contributed by atoms with van der Waals surface area (Å²) in [6.07, 6.45) is 5.83. The van der Waals surface area contributed by atoms with Gasteiger partial charge in [0.2, 0.25) is 0 Å². The maximum Gasteiger partial charge on any atom is 0.254 e. The maximum atomic E-state index is 13.2. The highest BCUT2D eigenvalue weighted by Gasteiger charge is 2.25. The molecule has 104 valence electrons. The molecule has 4 heteroatoms. The first-order chi connectivity index (χ1) is 9.13. The molecule has 0 aromatic heterocycles. The van der Waals surface area contributed by atoms with Crippen LogP contribution in [0.15, 0.2) is 22.7 Å². The minimum atomic E-state index is -0.336. The van der Waals surface area contributed by atoms with Crippen molar-refractivity contribution in [1.82, 2.24) is 4.90 Å². The van der Waals surface area contributed by atoms with E-state index in [1.54, 1.807) is 12.1 Å². The molecule has 2 nitrogen and oxygen atoms in total. The molecule has 0 N–H and O–H groups in total. The van der Waals surface area contributed by atoms with Crippen LogP contribution in [0.3, 0.4) is 0 Å². The van der Waals surface area contributed by atoms with Gasteiger partial charge in [0, 0.05) is 18.2 Å². The molecule has 0 atom stereocenters. The van der Waals surface area contributed by atoms with Crippen LogP contribution < -0.4 is 0 Å². The third kappa shape index (κ3) is 3.35. The Kier molecular flexibility index (Phi) is 4.97. The van der Waals surface area contributed by atoms with Crippen molar-refractivity contribution in [3.63, 3.8) is 0 Å². The van der Waals surface area contributed by atoms with Gasteiger partial charge in [-0.2, -0.15) is 0 Å². The molecule has 0 heterocycles. The van der Waals surface area contributed by atoms with Crippen molar-refractivity contribution in [2.75, 3.05) is 6.54 Å². The summed E-state index contributed by atoms with van der Waals surface area (Å²) in [6, 6.07) is 4.82. The van der Waals surface area contributed by atoms with Crippen LogP contribution in [0.4, 0.5) is 4.39 Å². The van der Waals surface area contributed by atoms with Crippen molar-refractivity contribution in [1.29, 1.82) is 0 Å². The van der Waals surface area contributed by atoms with Gasteiger partial charge in [-0.3, -0.25) is 4.79 Å². The summed E-state index contributed by atoms with van der Waals surface area (Å²) in [5, 5.41) is 0. The van der Waals surface area contributed by atoms with E-state index in [1.807, 2.05) is 11.8 Å². The van der Waals surface area contributed by atoms with E-state index in [4.69, 9.17) is 0 Å². The van der Waals surface area contributed by atoms with Crippen LogP contribution in [0.1, 0.15) is 49.4 Å². The first kappa shape index (κ1) is 14.5. The summed E-state index contributed by atoms with van der Waals surface area (Å²) < 4.78 is 13.6. The fourth-order valence-electron chi connectivity index (χ4n) is 2.76. The molecule has 1 fully saturated rings. The standard InChI is InChI=1S/C15H19BrFNO/c1-2-18(12-6-4-3-5-7-12)15(19)11-8-9-14(17)13(16)10-11/h8-10,12H,2-7H2,1H3. The molecule has 0 unspecified atom stereocenters. The van der Waals surface area contributed by atoms with Crippen molar-refractivity contribution in [2.45, 2.75) is 45.1 Å². The van der Waals surface area contributed by atoms with E-state index in [-0.39, 0.29) is 11.7 Å². The summed E-state index contributed by atoms with van der Waals surface area (Å²) in [7, 11) is 0. The lowest BCUT2D eigenvalue weighted by molar-refractivity contribution is 0.0648. The second-order valence-electron chi connectivity index (χ2n) is 5.01. The van der Waals surface area contributed by atoms with Gasteiger partial charge in [-0.05, 0) is 53.9 Å². The Balaban J connectivity index is 2.17. The van der Waals surface area contributed by atoms with E-state index in [2.05, 4.69) is 15.9 Å². The van der Waals surface area contributed by atoms with E-state index in [1.165, 1.54) is 25.3 Å². The van der Waals surface area contributed by atoms with Gasteiger partial charge >= 0.3 is 0 Å². The largest absolute Gasteiger partial charge is 0.336 e. The fourth-order valence-corrected chi connectivity index (χ4v) is 3.13. The summed E-state index contributed by atoms with van der Waals surface area (Å²) in [6.45, 7) is 2.71. The highest BCUT2D eigenvalue weighted by Crippen LogP contribution is 2.25. The highest BCUT2D eigenvalue weighted by molar-refractivity contribution is 9.10. The zero-order valence-electron chi connectivity index (χ0n) is 11.2. The molecule has 1 aromatic rings. The van der Waals surface area contributed by atoms with Crippen molar-refractivity contribution in [2.24, 2.45) is 0 Å². The van der Waals surface area contributed by atoms with Crippen LogP contribution in [0.2, 0.25) is 0 Å². The smallest absolute Gasteiger partial charge is 0.254 e. The number of hydrogen-bond acceptors (Lipinski definition) is 1. The van der Waals surface area contributed by atoms with Crippen LogP contribution in [0, 0.1) is 5.82 Å². The Morgan fingerprint density at radius 3 is 2.63 bits per heavy atom. The van der Waals surface area contributed by atoms with E-state index in [0.717, 1.165) is 12.8 Å². The number of halogens is 2. The van der Waals surface area contributed by atoms with Gasteiger partial charge in [-0.25, -0.2) is 4.39 Å². The zero-order valence-corrected chi connectivity index (χ0v) is 12.7. The Labute approximate surface area is 122 Å². The van der Waals surface area contributed by atoms with Gasteiger partial charge in [-0.15, -0.1) is 0 Å². The first-order valence-electron chi connectivity index (χ1n) is 6.89. The predicted octanol–water partition coefficient (Wildman–Crippen LogP) is 4.38. The molecule has 1 aromatic carbocycles. The first-order valence-corrected chi connectivity index (χ1v) is 7.68. The molecule has 0 spiro atoms. The van der Waals surface area contributed by atoms with Crippen LogP contribution in [0.5, 0.6) is 0 Å². The number of nitrogens with zero attached hydrogens (tertiary/aromatic N) is 1. The van der Waals surface area contributed by atoms with Gasteiger partial charge in [0.1, 0.15) is 5.82 Å². The molecule has 0 aliphatic heterocycles. The number of carbonyl (C=O) groups is 1. The molecule has 1 aliphatic carbocycles. The molecular formula is C15H19BrFNO. The van der Waals surface area contributed by atoms with Gasteiger partial charge in [0.05, 0.1) is 4.47 Å². The molecule has 0 saturated heterocycles. The summed E-state index contributed by atoms with van der Waals surface area (Å²) in [5.41, 5.74) is 0.556. The van der Waals surface area contributed by atoms with Gasteiger partial charge in [0.15, 0.2) is 0 Å². The van der Waals surface area contributed by atoms with E-state index in [0.29, 0.717) is 22.6 Å². The quantitative estimate of drug-likeness (QED) is 0.806. The van der Waals surface area contributed by atoms with Crippen molar-refractivity contribution in [3.8, 4) is 0 Å². The average Bonchev–Trinajstić information content (AvgIpc) is 2.44. The maximum absolute atomic E-state index is 13.2. The minimum Gasteiger partial charge on any atom is -0.336 e. The fraction of sp³-hybridized carbons (Fsp3) is 0.533. The van der Waals surface area contributed by atoms with Crippen LogP contribution in [0.25, 0.3) is 0 Å². The molecule has 1 saturated carbocycles. The zero-order chi connectivity index (χ0) is 13.8. The van der Waals surface area contributed by atoms with Crippen LogP contribution >= 0.6 is 15.9 Å². The number of hydrogen-bond donors (Lipinski definition) is 0. The van der Waals surface area contributed by atoms with Crippen molar-refractivity contribution < 1.29 is 9.18 Å². The van der Waals surface area contributed by atoms with Gasteiger partial charge in [0.25, 0.3) is 5.91 Å². The van der Waals surface area contributed by atoms with Crippen molar-refractivity contribution >= 4 is 21.8 Å². The second kappa shape index (κ2) is 6.51. The summed E-state index contributed by atoms with van der Waals surface area (Å²) in [4.78, 5) is 14.5.